The van der Waals surface area contributed by atoms with Crippen LogP contribution < -0.4 is 16.0 Å². The van der Waals surface area contributed by atoms with Crippen molar-refractivity contribution in [2.45, 2.75) is 25.5 Å². The molecule has 1 aromatic rings. The number of hydrogen-bond acceptors (Lipinski definition) is 7. The summed E-state index contributed by atoms with van der Waals surface area (Å²) in [7, 11) is 3.30. The maximum atomic E-state index is 11.7. The van der Waals surface area contributed by atoms with Crippen molar-refractivity contribution in [2.24, 2.45) is 0 Å². The van der Waals surface area contributed by atoms with Gasteiger partial charge in [0.2, 0.25) is 11.8 Å². The van der Waals surface area contributed by atoms with E-state index in [-0.39, 0.29) is 18.4 Å². The highest BCUT2D eigenvalue weighted by atomic mass is 16.5. The van der Waals surface area contributed by atoms with E-state index in [1.54, 1.807) is 20.2 Å². The number of aromatic nitrogens is 2. The fraction of sp³-hybridized carbons (Fsp3) is 0.500. The van der Waals surface area contributed by atoms with Crippen LogP contribution in [0, 0.1) is 0 Å². The van der Waals surface area contributed by atoms with Gasteiger partial charge in [0.25, 0.3) is 0 Å². The molecule has 0 bridgehead atoms. The Kier molecular flexibility index (Phi) is 4.46. The molecule has 0 aromatic carbocycles. The SMILES string of the molecule is CNc1cc(NC2CCC(=O)NC2=O)nc(COC)n1. The molecule has 1 fully saturated rings. The summed E-state index contributed by atoms with van der Waals surface area (Å²) in [6, 6.07) is 1.23. The molecule has 8 nitrogen and oxygen atoms in total. The first-order valence-electron chi connectivity index (χ1n) is 6.27. The lowest BCUT2D eigenvalue weighted by Crippen LogP contribution is -2.47. The second kappa shape index (κ2) is 6.29. The number of amides is 2. The molecule has 8 heteroatoms. The zero-order valence-electron chi connectivity index (χ0n) is 11.4. The van der Waals surface area contributed by atoms with Crippen molar-refractivity contribution in [3.8, 4) is 0 Å². The summed E-state index contributed by atoms with van der Waals surface area (Å²) < 4.78 is 5.00. The number of hydrogen-bond donors (Lipinski definition) is 3. The Bertz CT molecular complexity index is 520. The maximum Gasteiger partial charge on any atom is 0.249 e. The molecule has 2 rings (SSSR count). The minimum absolute atomic E-state index is 0.244. The van der Waals surface area contributed by atoms with E-state index < -0.39 is 6.04 Å². The standard InChI is InChI=1S/C12H17N5O3/c1-13-8-5-9(16-10(15-8)6-20-2)14-7-3-4-11(18)17-12(7)19/h5,7H,3-4,6H2,1-2H3,(H,17,18,19)(H2,13,14,15,16). The van der Waals surface area contributed by atoms with Crippen molar-refractivity contribution in [3.05, 3.63) is 11.9 Å². The number of ether oxygens (including phenoxy) is 1. The van der Waals surface area contributed by atoms with Crippen molar-refractivity contribution in [2.75, 3.05) is 24.8 Å². The topological polar surface area (TPSA) is 105 Å². The normalized spacial score (nSPS) is 18.6. The van der Waals surface area contributed by atoms with Gasteiger partial charge in [-0.3, -0.25) is 14.9 Å². The molecule has 1 unspecified atom stereocenters. The zero-order chi connectivity index (χ0) is 14.5. The quantitative estimate of drug-likeness (QED) is 0.645. The van der Waals surface area contributed by atoms with Gasteiger partial charge in [-0.15, -0.1) is 0 Å². The van der Waals surface area contributed by atoms with Gasteiger partial charge in [0.15, 0.2) is 5.82 Å². The van der Waals surface area contributed by atoms with Crippen molar-refractivity contribution in [1.82, 2.24) is 15.3 Å². The van der Waals surface area contributed by atoms with E-state index in [1.807, 2.05) is 0 Å². The molecular formula is C12H17N5O3. The van der Waals surface area contributed by atoms with Crippen LogP contribution in [0.2, 0.25) is 0 Å². The molecule has 0 radical (unpaired) electrons. The van der Waals surface area contributed by atoms with Gasteiger partial charge in [0, 0.05) is 26.6 Å². The first-order chi connectivity index (χ1) is 9.62. The number of rotatable bonds is 5. The van der Waals surface area contributed by atoms with E-state index in [0.29, 0.717) is 30.3 Å². The van der Waals surface area contributed by atoms with Crippen LogP contribution in [-0.2, 0) is 20.9 Å². The third-order valence-corrected chi connectivity index (χ3v) is 2.86. The molecule has 2 heterocycles. The molecule has 108 valence electrons. The highest BCUT2D eigenvalue weighted by Crippen LogP contribution is 2.15. The Labute approximate surface area is 116 Å². The van der Waals surface area contributed by atoms with Gasteiger partial charge in [0.05, 0.1) is 0 Å². The van der Waals surface area contributed by atoms with Gasteiger partial charge in [-0.25, -0.2) is 9.97 Å². The van der Waals surface area contributed by atoms with E-state index in [1.165, 1.54) is 0 Å². The lowest BCUT2D eigenvalue weighted by atomic mass is 10.1. The summed E-state index contributed by atoms with van der Waals surface area (Å²) in [5.74, 6) is 1.08. The van der Waals surface area contributed by atoms with Crippen LogP contribution in [0.15, 0.2) is 6.07 Å². The molecule has 20 heavy (non-hydrogen) atoms. The molecular weight excluding hydrogens is 262 g/mol. The first kappa shape index (κ1) is 14.2. The second-order valence-corrected chi connectivity index (χ2v) is 4.39. The molecule has 1 aliphatic rings. The Morgan fingerprint density at radius 1 is 1.40 bits per heavy atom. The molecule has 1 aromatic heterocycles. The first-order valence-corrected chi connectivity index (χ1v) is 6.27. The van der Waals surface area contributed by atoms with Gasteiger partial charge in [-0.2, -0.15) is 0 Å². The number of carbonyl (C=O) groups is 2. The average Bonchev–Trinajstić information content (AvgIpc) is 2.42. The minimum atomic E-state index is -0.470. The van der Waals surface area contributed by atoms with Gasteiger partial charge in [-0.1, -0.05) is 0 Å². The van der Waals surface area contributed by atoms with Gasteiger partial charge < -0.3 is 15.4 Å². The van der Waals surface area contributed by atoms with E-state index in [4.69, 9.17) is 4.74 Å². The largest absolute Gasteiger partial charge is 0.377 e. The third-order valence-electron chi connectivity index (χ3n) is 2.86. The predicted octanol–water partition coefficient (Wildman–Crippen LogP) is -0.118. The number of piperidine rings is 1. The van der Waals surface area contributed by atoms with Crippen LogP contribution in [0.25, 0.3) is 0 Å². The van der Waals surface area contributed by atoms with Crippen molar-refractivity contribution < 1.29 is 14.3 Å². The fourth-order valence-electron chi connectivity index (χ4n) is 1.90. The average molecular weight is 279 g/mol. The van der Waals surface area contributed by atoms with E-state index in [9.17, 15) is 9.59 Å². The molecule has 1 atom stereocenters. The van der Waals surface area contributed by atoms with Crippen LogP contribution in [0.3, 0.4) is 0 Å². The monoisotopic (exact) mass is 279 g/mol. The molecule has 2 amide bonds. The minimum Gasteiger partial charge on any atom is -0.377 e. The molecule has 3 N–H and O–H groups in total. The lowest BCUT2D eigenvalue weighted by molar-refractivity contribution is -0.133. The molecule has 0 aliphatic carbocycles. The van der Waals surface area contributed by atoms with Gasteiger partial charge in [0.1, 0.15) is 24.3 Å². The number of carbonyl (C=O) groups excluding carboxylic acids is 2. The van der Waals surface area contributed by atoms with Crippen LogP contribution in [-0.4, -0.2) is 42.0 Å². The Hall–Kier alpha value is -2.22. The number of methoxy groups -OCH3 is 1. The molecule has 0 saturated carbocycles. The maximum absolute atomic E-state index is 11.7. The number of imide groups is 1. The Morgan fingerprint density at radius 2 is 2.15 bits per heavy atom. The van der Waals surface area contributed by atoms with Crippen LogP contribution in [0.5, 0.6) is 0 Å². The highest BCUT2D eigenvalue weighted by molar-refractivity contribution is 6.01. The van der Waals surface area contributed by atoms with Crippen molar-refractivity contribution in [3.63, 3.8) is 0 Å². The van der Waals surface area contributed by atoms with Crippen molar-refractivity contribution in [1.29, 1.82) is 0 Å². The molecule has 0 spiro atoms. The second-order valence-electron chi connectivity index (χ2n) is 4.39. The number of anilines is 2. The van der Waals surface area contributed by atoms with Crippen LogP contribution >= 0.6 is 0 Å². The lowest BCUT2D eigenvalue weighted by Gasteiger charge is -2.22. The number of nitrogens with zero attached hydrogens (tertiary/aromatic N) is 2. The fourth-order valence-corrected chi connectivity index (χ4v) is 1.90. The van der Waals surface area contributed by atoms with Gasteiger partial charge in [-0.05, 0) is 6.42 Å². The smallest absolute Gasteiger partial charge is 0.249 e. The van der Waals surface area contributed by atoms with E-state index in [0.717, 1.165) is 0 Å². The summed E-state index contributed by atoms with van der Waals surface area (Å²) in [5.41, 5.74) is 0. The van der Waals surface area contributed by atoms with Crippen LogP contribution in [0.4, 0.5) is 11.6 Å². The summed E-state index contributed by atoms with van der Waals surface area (Å²) in [4.78, 5) is 31.3. The third kappa shape index (κ3) is 3.41. The molecule has 1 aliphatic heterocycles. The zero-order valence-corrected chi connectivity index (χ0v) is 11.4. The van der Waals surface area contributed by atoms with E-state index in [2.05, 4.69) is 25.9 Å². The summed E-state index contributed by atoms with van der Waals surface area (Å²) in [5, 5.41) is 8.23. The Morgan fingerprint density at radius 3 is 2.80 bits per heavy atom. The molecule has 1 saturated heterocycles. The summed E-state index contributed by atoms with van der Waals surface area (Å²) in [6.07, 6.45) is 0.765. The van der Waals surface area contributed by atoms with E-state index >= 15 is 0 Å². The highest BCUT2D eigenvalue weighted by Gasteiger charge is 2.26. The predicted molar refractivity (Wildman–Crippen MR) is 72.1 cm³/mol. The van der Waals surface area contributed by atoms with Crippen LogP contribution in [0.1, 0.15) is 18.7 Å². The number of nitrogens with one attached hydrogen (secondary N) is 3. The summed E-state index contributed by atoms with van der Waals surface area (Å²) in [6.45, 7) is 0.277. The van der Waals surface area contributed by atoms with Crippen molar-refractivity contribution >= 4 is 23.5 Å². The summed E-state index contributed by atoms with van der Waals surface area (Å²) >= 11 is 0. The Balaban J connectivity index is 2.13. The van der Waals surface area contributed by atoms with Gasteiger partial charge >= 0.3 is 0 Å².